The van der Waals surface area contributed by atoms with Gasteiger partial charge in [-0.3, -0.25) is 4.79 Å². The number of anilines is 1. The summed E-state index contributed by atoms with van der Waals surface area (Å²) in [6, 6.07) is 6.27. The highest BCUT2D eigenvalue weighted by molar-refractivity contribution is 9.10. The Labute approximate surface area is 122 Å². The van der Waals surface area contributed by atoms with Crippen molar-refractivity contribution >= 4 is 27.5 Å². The molecule has 1 aromatic rings. The quantitative estimate of drug-likeness (QED) is 0.888. The van der Waals surface area contributed by atoms with E-state index < -0.39 is 0 Å². The minimum absolute atomic E-state index is 0.104. The predicted molar refractivity (Wildman–Crippen MR) is 81.4 cm³/mol. The van der Waals surface area contributed by atoms with E-state index in [4.69, 9.17) is 0 Å². The zero-order valence-electron chi connectivity index (χ0n) is 11.2. The molecule has 0 atom stereocenters. The molecule has 1 aromatic carbocycles. The highest BCUT2D eigenvalue weighted by Gasteiger charge is 2.17. The fourth-order valence-corrected chi connectivity index (χ4v) is 2.60. The van der Waals surface area contributed by atoms with Gasteiger partial charge in [0.2, 0.25) is 5.91 Å². The largest absolute Gasteiger partial charge is 0.362 e. The normalized spacial score (nSPS) is 16.1. The van der Waals surface area contributed by atoms with E-state index in [1.165, 1.54) is 5.56 Å². The Kier molecular flexibility index (Phi) is 5.22. The number of amides is 1. The third-order valence-corrected chi connectivity index (χ3v) is 3.71. The van der Waals surface area contributed by atoms with Crippen molar-refractivity contribution < 1.29 is 4.79 Å². The molecule has 1 fully saturated rings. The molecule has 4 nitrogen and oxygen atoms in total. The van der Waals surface area contributed by atoms with E-state index in [1.807, 2.05) is 6.07 Å². The minimum atomic E-state index is 0.104. The highest BCUT2D eigenvalue weighted by Crippen LogP contribution is 2.26. The second-order valence-corrected chi connectivity index (χ2v) is 5.59. The van der Waals surface area contributed by atoms with Crippen LogP contribution in [0, 0.1) is 0 Å². The maximum Gasteiger partial charge on any atom is 0.239 e. The van der Waals surface area contributed by atoms with E-state index in [1.54, 1.807) is 0 Å². The van der Waals surface area contributed by atoms with Crippen LogP contribution in [0.4, 0.5) is 5.69 Å². The third kappa shape index (κ3) is 3.94. The van der Waals surface area contributed by atoms with Gasteiger partial charge in [-0.2, -0.15) is 0 Å². The summed E-state index contributed by atoms with van der Waals surface area (Å²) in [5.41, 5.74) is 2.38. The average molecular weight is 326 g/mol. The van der Waals surface area contributed by atoms with E-state index in [0.29, 0.717) is 6.54 Å². The van der Waals surface area contributed by atoms with Crippen LogP contribution in [-0.2, 0) is 11.3 Å². The monoisotopic (exact) mass is 325 g/mol. The molecular formula is C14H20BrN3O. The fraction of sp³-hybridized carbons (Fsp3) is 0.500. The molecule has 1 aliphatic heterocycles. The fourth-order valence-electron chi connectivity index (χ4n) is 2.25. The van der Waals surface area contributed by atoms with Gasteiger partial charge in [0.1, 0.15) is 0 Å². The van der Waals surface area contributed by atoms with Gasteiger partial charge < -0.3 is 15.5 Å². The molecule has 104 valence electrons. The van der Waals surface area contributed by atoms with E-state index >= 15 is 0 Å². The molecular weight excluding hydrogens is 306 g/mol. The minimum Gasteiger partial charge on any atom is -0.362 e. The zero-order valence-corrected chi connectivity index (χ0v) is 12.8. The van der Waals surface area contributed by atoms with Crippen molar-refractivity contribution in [3.05, 3.63) is 28.2 Å². The Hall–Kier alpha value is -1.07. The number of hydrogen-bond donors (Lipinski definition) is 2. The van der Waals surface area contributed by atoms with Gasteiger partial charge in [0.15, 0.2) is 0 Å². The summed E-state index contributed by atoms with van der Waals surface area (Å²) >= 11 is 3.52. The van der Waals surface area contributed by atoms with E-state index in [9.17, 15) is 4.79 Å². The molecule has 1 heterocycles. The van der Waals surface area contributed by atoms with Crippen molar-refractivity contribution in [1.82, 2.24) is 10.6 Å². The summed E-state index contributed by atoms with van der Waals surface area (Å²) in [7, 11) is 0. The lowest BCUT2D eigenvalue weighted by atomic mass is 10.1. The standard InChI is InChI=1S/C14H20BrN3O/c1-2-16-9-11-4-5-12(15)8-13(11)18-7-3-6-17-14(19)10-18/h4-5,8,16H,2-3,6-7,9-10H2,1H3,(H,17,19). The molecule has 0 bridgehead atoms. The number of halogens is 1. The van der Waals surface area contributed by atoms with Crippen molar-refractivity contribution in [2.45, 2.75) is 19.9 Å². The van der Waals surface area contributed by atoms with Crippen LogP contribution < -0.4 is 15.5 Å². The second kappa shape index (κ2) is 6.91. The first-order valence-corrected chi connectivity index (χ1v) is 7.51. The van der Waals surface area contributed by atoms with Gasteiger partial charge in [-0.05, 0) is 30.7 Å². The van der Waals surface area contributed by atoms with Gasteiger partial charge in [-0.1, -0.05) is 28.9 Å². The molecule has 1 amide bonds. The SMILES string of the molecule is CCNCc1ccc(Br)cc1N1CCCNC(=O)C1. The summed E-state index contributed by atoms with van der Waals surface area (Å²) in [6.07, 6.45) is 0.985. The van der Waals surface area contributed by atoms with Gasteiger partial charge in [0.05, 0.1) is 6.54 Å². The first-order valence-electron chi connectivity index (χ1n) is 6.71. The van der Waals surface area contributed by atoms with Crippen LogP contribution in [0.1, 0.15) is 18.9 Å². The number of nitrogens with one attached hydrogen (secondary N) is 2. The molecule has 5 heteroatoms. The lowest BCUT2D eigenvalue weighted by molar-refractivity contribution is -0.119. The Bertz CT molecular complexity index is 450. The summed E-state index contributed by atoms with van der Waals surface area (Å²) < 4.78 is 1.05. The topological polar surface area (TPSA) is 44.4 Å². The molecule has 0 radical (unpaired) electrons. The molecule has 0 aliphatic carbocycles. The van der Waals surface area contributed by atoms with E-state index in [2.05, 4.69) is 50.5 Å². The molecule has 1 aliphatic rings. The first-order chi connectivity index (χ1) is 9.20. The summed E-state index contributed by atoms with van der Waals surface area (Å²) in [6.45, 7) is 5.99. The number of rotatable bonds is 4. The van der Waals surface area contributed by atoms with Gasteiger partial charge in [-0.25, -0.2) is 0 Å². The maximum atomic E-state index is 11.7. The Morgan fingerprint density at radius 1 is 1.47 bits per heavy atom. The van der Waals surface area contributed by atoms with Gasteiger partial charge in [0.25, 0.3) is 0 Å². The Morgan fingerprint density at radius 2 is 2.32 bits per heavy atom. The van der Waals surface area contributed by atoms with Crippen molar-refractivity contribution in [2.75, 3.05) is 31.1 Å². The molecule has 0 spiro atoms. The van der Waals surface area contributed by atoms with Crippen LogP contribution >= 0.6 is 15.9 Å². The molecule has 0 aromatic heterocycles. The zero-order chi connectivity index (χ0) is 13.7. The van der Waals surface area contributed by atoms with Crippen LogP contribution in [0.3, 0.4) is 0 Å². The molecule has 19 heavy (non-hydrogen) atoms. The first kappa shape index (κ1) is 14.3. The number of carbonyl (C=O) groups excluding carboxylic acids is 1. The van der Waals surface area contributed by atoms with Crippen LogP contribution in [-0.4, -0.2) is 32.1 Å². The number of benzene rings is 1. The molecule has 0 saturated carbocycles. The maximum absolute atomic E-state index is 11.7. The van der Waals surface area contributed by atoms with Gasteiger partial charge in [0, 0.05) is 29.8 Å². The molecule has 2 rings (SSSR count). The average Bonchev–Trinajstić information content (AvgIpc) is 2.62. The molecule has 0 unspecified atom stereocenters. The van der Waals surface area contributed by atoms with Crippen molar-refractivity contribution in [3.63, 3.8) is 0 Å². The van der Waals surface area contributed by atoms with Crippen molar-refractivity contribution in [2.24, 2.45) is 0 Å². The Balaban J connectivity index is 2.24. The summed E-state index contributed by atoms with van der Waals surface area (Å²) in [4.78, 5) is 13.9. The van der Waals surface area contributed by atoms with Crippen LogP contribution in [0.15, 0.2) is 22.7 Å². The predicted octanol–water partition coefficient (Wildman–Crippen LogP) is 1.88. The summed E-state index contributed by atoms with van der Waals surface area (Å²) in [5.74, 6) is 0.104. The number of carbonyl (C=O) groups is 1. The second-order valence-electron chi connectivity index (χ2n) is 4.68. The van der Waals surface area contributed by atoms with Gasteiger partial charge >= 0.3 is 0 Å². The van der Waals surface area contributed by atoms with Crippen LogP contribution in [0.25, 0.3) is 0 Å². The number of nitrogens with zero attached hydrogens (tertiary/aromatic N) is 1. The Morgan fingerprint density at radius 3 is 3.11 bits per heavy atom. The number of hydrogen-bond acceptors (Lipinski definition) is 3. The molecule has 2 N–H and O–H groups in total. The van der Waals surface area contributed by atoms with Crippen LogP contribution in [0.2, 0.25) is 0 Å². The van der Waals surface area contributed by atoms with Gasteiger partial charge in [-0.15, -0.1) is 0 Å². The van der Waals surface area contributed by atoms with E-state index in [-0.39, 0.29) is 5.91 Å². The van der Waals surface area contributed by atoms with E-state index in [0.717, 1.165) is 42.8 Å². The lowest BCUT2D eigenvalue weighted by Gasteiger charge is -2.24. The van der Waals surface area contributed by atoms with Crippen LogP contribution in [0.5, 0.6) is 0 Å². The third-order valence-electron chi connectivity index (χ3n) is 3.21. The molecule has 1 saturated heterocycles. The highest BCUT2D eigenvalue weighted by atomic mass is 79.9. The summed E-state index contributed by atoms with van der Waals surface area (Å²) in [5, 5.41) is 6.26. The van der Waals surface area contributed by atoms with Crippen molar-refractivity contribution in [3.8, 4) is 0 Å². The van der Waals surface area contributed by atoms with Crippen molar-refractivity contribution in [1.29, 1.82) is 0 Å². The lowest BCUT2D eigenvalue weighted by Crippen LogP contribution is -2.33. The smallest absolute Gasteiger partial charge is 0.239 e.